The van der Waals surface area contributed by atoms with Gasteiger partial charge in [-0.2, -0.15) is 0 Å². The molecule has 2 heterocycles. The van der Waals surface area contributed by atoms with Crippen molar-refractivity contribution in [2.75, 3.05) is 0 Å². The van der Waals surface area contributed by atoms with Crippen molar-refractivity contribution < 1.29 is 13.2 Å². The third-order valence-electron chi connectivity index (χ3n) is 5.63. The Labute approximate surface area is 180 Å². The summed E-state index contributed by atoms with van der Waals surface area (Å²) in [5, 5.41) is 8.52. The summed E-state index contributed by atoms with van der Waals surface area (Å²) in [7, 11) is -3.77. The highest BCUT2D eigenvalue weighted by Crippen LogP contribution is 2.19. The van der Waals surface area contributed by atoms with Gasteiger partial charge in [0.2, 0.25) is 10.0 Å². The Morgan fingerprint density at radius 3 is 2.58 bits per heavy atom. The number of amides is 1. The van der Waals surface area contributed by atoms with Crippen LogP contribution in [0.3, 0.4) is 0 Å². The summed E-state index contributed by atoms with van der Waals surface area (Å²) in [6.07, 6.45) is 3.80. The Kier molecular flexibility index (Phi) is 5.63. The average Bonchev–Trinajstić information content (AvgIpc) is 2.98. The minimum atomic E-state index is -3.77. The van der Waals surface area contributed by atoms with E-state index in [0.717, 1.165) is 37.1 Å². The summed E-state index contributed by atoms with van der Waals surface area (Å²) in [4.78, 5) is 30.3. The Bertz CT molecular complexity index is 1310. The van der Waals surface area contributed by atoms with E-state index in [-0.39, 0.29) is 22.4 Å². The predicted octanol–water partition coefficient (Wildman–Crippen LogP) is 2.26. The van der Waals surface area contributed by atoms with Crippen molar-refractivity contribution in [3.63, 3.8) is 0 Å². The van der Waals surface area contributed by atoms with Crippen molar-refractivity contribution in [3.05, 3.63) is 69.8 Å². The number of aryl methyl sites for hydroxylation is 1. The first-order valence-electron chi connectivity index (χ1n) is 10.2. The summed E-state index contributed by atoms with van der Waals surface area (Å²) in [5.74, 6) is 0.470. The van der Waals surface area contributed by atoms with Gasteiger partial charge in [-0.15, -0.1) is 0 Å². The van der Waals surface area contributed by atoms with Gasteiger partial charge in [0.25, 0.3) is 11.5 Å². The summed E-state index contributed by atoms with van der Waals surface area (Å²) in [6, 6.07) is 10.6. The fraction of sp³-hybridized carbons (Fsp3) is 0.318. The quantitative estimate of drug-likeness (QED) is 0.644. The number of fused-ring (bicyclic) bond motifs is 2. The second kappa shape index (κ2) is 8.24. The van der Waals surface area contributed by atoms with Crippen molar-refractivity contribution in [2.45, 2.75) is 50.1 Å². The smallest absolute Gasteiger partial charge is 0.261 e. The minimum absolute atomic E-state index is 0.0146. The summed E-state index contributed by atoms with van der Waals surface area (Å²) in [5.41, 5.74) is 1.61. The van der Waals surface area contributed by atoms with Gasteiger partial charge in [-0.3, -0.25) is 14.2 Å². The van der Waals surface area contributed by atoms with Crippen LogP contribution in [0.5, 0.6) is 0 Å². The second-order valence-electron chi connectivity index (χ2n) is 7.84. The number of hydrogen-bond acceptors (Lipinski definition) is 5. The molecule has 162 valence electrons. The number of carbonyl (C=O) groups excluding carboxylic acids is 1. The van der Waals surface area contributed by atoms with Crippen molar-refractivity contribution in [3.8, 4) is 0 Å². The molecular weight excluding hydrogens is 416 g/mol. The van der Waals surface area contributed by atoms with Gasteiger partial charge in [-0.1, -0.05) is 18.6 Å². The first kappa shape index (κ1) is 21.2. The molecule has 9 heteroatoms. The van der Waals surface area contributed by atoms with E-state index in [0.29, 0.717) is 23.0 Å². The number of benzene rings is 2. The van der Waals surface area contributed by atoms with E-state index >= 15 is 0 Å². The van der Waals surface area contributed by atoms with Crippen LogP contribution in [0, 0.1) is 0 Å². The molecule has 8 nitrogen and oxygen atoms in total. The lowest BCUT2D eigenvalue weighted by Crippen LogP contribution is -2.27. The summed E-state index contributed by atoms with van der Waals surface area (Å²) in [6.45, 7) is 2.48. The molecular formula is C22H24N4O4S. The molecule has 3 N–H and O–H groups in total. The topological polar surface area (TPSA) is 124 Å². The number of nitrogens with zero attached hydrogens (tertiary/aromatic N) is 2. The highest BCUT2D eigenvalue weighted by Gasteiger charge is 2.17. The van der Waals surface area contributed by atoms with Crippen molar-refractivity contribution in [1.29, 1.82) is 0 Å². The maximum absolute atomic E-state index is 12.8. The van der Waals surface area contributed by atoms with E-state index in [1.54, 1.807) is 41.8 Å². The molecule has 1 atom stereocenters. The van der Waals surface area contributed by atoms with Gasteiger partial charge < -0.3 is 5.32 Å². The van der Waals surface area contributed by atoms with Gasteiger partial charge in [0.05, 0.1) is 21.8 Å². The van der Waals surface area contributed by atoms with Gasteiger partial charge in [0.1, 0.15) is 5.82 Å². The molecule has 0 radical (unpaired) electrons. The first-order valence-corrected chi connectivity index (χ1v) is 11.8. The van der Waals surface area contributed by atoms with E-state index in [2.05, 4.69) is 10.3 Å². The van der Waals surface area contributed by atoms with Gasteiger partial charge in [0.15, 0.2) is 0 Å². The molecule has 3 aromatic rings. The number of sulfonamides is 1. The maximum Gasteiger partial charge on any atom is 0.261 e. The molecule has 2 aromatic carbocycles. The number of nitrogens with one attached hydrogen (secondary N) is 1. The number of hydrogen-bond donors (Lipinski definition) is 2. The van der Waals surface area contributed by atoms with Gasteiger partial charge in [-0.05, 0) is 55.7 Å². The Morgan fingerprint density at radius 2 is 1.87 bits per heavy atom. The molecule has 0 unspecified atom stereocenters. The largest absolute Gasteiger partial charge is 0.346 e. The third-order valence-corrected chi connectivity index (χ3v) is 6.56. The zero-order valence-electron chi connectivity index (χ0n) is 17.2. The molecule has 0 spiro atoms. The minimum Gasteiger partial charge on any atom is -0.346 e. The molecule has 0 bridgehead atoms. The van der Waals surface area contributed by atoms with Crippen molar-refractivity contribution >= 4 is 26.8 Å². The third kappa shape index (κ3) is 4.38. The zero-order chi connectivity index (χ0) is 22.2. The van der Waals surface area contributed by atoms with Crippen LogP contribution in [-0.4, -0.2) is 23.9 Å². The predicted molar refractivity (Wildman–Crippen MR) is 117 cm³/mol. The number of nitrogens with two attached hydrogens (primary N) is 1. The maximum atomic E-state index is 12.8. The lowest BCUT2D eigenvalue weighted by Gasteiger charge is -2.15. The van der Waals surface area contributed by atoms with Crippen LogP contribution in [0.1, 0.15) is 54.0 Å². The van der Waals surface area contributed by atoms with Crippen molar-refractivity contribution in [2.24, 2.45) is 5.14 Å². The normalized spacial score (nSPS) is 15.2. The van der Waals surface area contributed by atoms with Crippen LogP contribution in [-0.2, 0) is 23.0 Å². The summed E-state index contributed by atoms with van der Waals surface area (Å²) >= 11 is 0. The standard InChI is InChI=1S/C22H24N4O4S/c1-14(15-6-9-17(10-7-15)31(23,29)30)24-21(27)16-8-11-18-19(13-16)25-20-5-3-2-4-12-26(20)22(18)28/h6-11,13-14H,2-5,12H2,1H3,(H,24,27)(H2,23,29,30)/t14-/m0/s1. The zero-order valence-corrected chi connectivity index (χ0v) is 18.0. The van der Waals surface area contributed by atoms with E-state index in [4.69, 9.17) is 5.14 Å². The molecule has 0 aliphatic carbocycles. The molecule has 1 aliphatic heterocycles. The van der Waals surface area contributed by atoms with E-state index in [1.165, 1.54) is 12.1 Å². The lowest BCUT2D eigenvalue weighted by molar-refractivity contribution is 0.0940. The van der Waals surface area contributed by atoms with Crippen LogP contribution in [0.15, 0.2) is 52.2 Å². The Hall–Kier alpha value is -3.04. The Balaban J connectivity index is 1.58. The van der Waals surface area contributed by atoms with Gasteiger partial charge >= 0.3 is 0 Å². The molecule has 1 aliphatic rings. The van der Waals surface area contributed by atoms with Crippen LogP contribution >= 0.6 is 0 Å². The summed E-state index contributed by atoms with van der Waals surface area (Å²) < 4.78 is 24.5. The number of rotatable bonds is 4. The van der Waals surface area contributed by atoms with E-state index in [9.17, 15) is 18.0 Å². The van der Waals surface area contributed by atoms with E-state index in [1.807, 2.05) is 0 Å². The fourth-order valence-corrected chi connectivity index (χ4v) is 4.38. The van der Waals surface area contributed by atoms with Crippen LogP contribution in [0.25, 0.3) is 10.9 Å². The van der Waals surface area contributed by atoms with Crippen molar-refractivity contribution in [1.82, 2.24) is 14.9 Å². The highest BCUT2D eigenvalue weighted by atomic mass is 32.2. The van der Waals surface area contributed by atoms with Crippen LogP contribution < -0.4 is 16.0 Å². The van der Waals surface area contributed by atoms with Crippen LogP contribution in [0.4, 0.5) is 0 Å². The number of carbonyl (C=O) groups is 1. The number of aromatic nitrogens is 2. The second-order valence-corrected chi connectivity index (χ2v) is 9.40. The molecule has 0 fully saturated rings. The first-order chi connectivity index (χ1) is 14.7. The van der Waals surface area contributed by atoms with Crippen LogP contribution in [0.2, 0.25) is 0 Å². The molecule has 1 aromatic heterocycles. The lowest BCUT2D eigenvalue weighted by atomic mass is 10.1. The van der Waals surface area contributed by atoms with Gasteiger partial charge in [-0.25, -0.2) is 18.5 Å². The molecule has 0 saturated heterocycles. The SMILES string of the molecule is C[C@H](NC(=O)c1ccc2c(=O)n3c(nc2c1)CCCCC3)c1ccc(S(N)(=O)=O)cc1. The molecule has 1 amide bonds. The molecule has 4 rings (SSSR count). The molecule has 31 heavy (non-hydrogen) atoms. The average molecular weight is 441 g/mol. The van der Waals surface area contributed by atoms with Gasteiger partial charge in [0, 0.05) is 18.5 Å². The number of primary sulfonamides is 1. The monoisotopic (exact) mass is 440 g/mol. The Morgan fingerprint density at radius 1 is 1.13 bits per heavy atom. The fourth-order valence-electron chi connectivity index (χ4n) is 3.87. The van der Waals surface area contributed by atoms with E-state index < -0.39 is 10.0 Å². The highest BCUT2D eigenvalue weighted by molar-refractivity contribution is 7.89. The molecule has 0 saturated carbocycles.